The molecule has 20 heavy (non-hydrogen) atoms. The molecule has 0 radical (unpaired) electrons. The molecule has 0 aliphatic heterocycles. The van der Waals surface area contributed by atoms with E-state index in [1.54, 1.807) is 0 Å². The number of nitrogens with zero attached hydrogens (tertiary/aromatic N) is 2. The Morgan fingerprint density at radius 1 is 1.20 bits per heavy atom. The van der Waals surface area contributed by atoms with Gasteiger partial charge in [0.1, 0.15) is 0 Å². The normalized spacial score (nSPS) is 12.4. The van der Waals surface area contributed by atoms with Crippen LogP contribution in [0.15, 0.2) is 34.3 Å². The lowest BCUT2D eigenvalue weighted by atomic mass is 10.1. The highest BCUT2D eigenvalue weighted by Crippen LogP contribution is 2.32. The molecule has 0 saturated heterocycles. The van der Waals surface area contributed by atoms with Crippen molar-refractivity contribution >= 4 is 23.4 Å². The minimum absolute atomic E-state index is 0.132. The van der Waals surface area contributed by atoms with Gasteiger partial charge in [-0.2, -0.15) is 0 Å². The van der Waals surface area contributed by atoms with Crippen molar-refractivity contribution in [2.24, 2.45) is 5.73 Å². The number of hydrogen-bond acceptors (Lipinski definition) is 4. The van der Waals surface area contributed by atoms with Crippen molar-refractivity contribution in [1.82, 2.24) is 9.97 Å². The molecule has 1 heterocycles. The summed E-state index contributed by atoms with van der Waals surface area (Å²) in [6, 6.07) is 8.12. The molecule has 0 aliphatic rings. The maximum Gasteiger partial charge on any atom is 0.192 e. The van der Waals surface area contributed by atoms with Crippen LogP contribution < -0.4 is 5.73 Å². The van der Waals surface area contributed by atoms with Crippen molar-refractivity contribution in [2.45, 2.75) is 43.3 Å². The van der Waals surface area contributed by atoms with E-state index in [9.17, 15) is 0 Å². The number of nitrogens with two attached hydrogens (primary N) is 1. The summed E-state index contributed by atoms with van der Waals surface area (Å²) < 4.78 is 0. The highest BCUT2D eigenvalue weighted by atomic mass is 35.5. The summed E-state index contributed by atoms with van der Waals surface area (Å²) in [5.74, 6) is 0. The quantitative estimate of drug-likeness (QED) is 0.873. The predicted octanol–water partition coefficient (Wildman–Crippen LogP) is 3.79. The molecule has 1 unspecified atom stereocenters. The maximum atomic E-state index is 6.33. The molecule has 1 aromatic heterocycles. The largest absolute Gasteiger partial charge is 0.328 e. The summed E-state index contributed by atoms with van der Waals surface area (Å²) >= 11 is 7.81. The molecule has 0 aliphatic carbocycles. The Labute approximate surface area is 129 Å². The molecule has 0 fully saturated rings. The first kappa shape index (κ1) is 15.3. The van der Waals surface area contributed by atoms with E-state index in [2.05, 4.69) is 16.0 Å². The van der Waals surface area contributed by atoms with Crippen molar-refractivity contribution in [2.75, 3.05) is 0 Å². The van der Waals surface area contributed by atoms with E-state index in [0.717, 1.165) is 38.4 Å². The third kappa shape index (κ3) is 4.20. The predicted molar refractivity (Wildman–Crippen MR) is 84.4 cm³/mol. The summed E-state index contributed by atoms with van der Waals surface area (Å²) in [6.45, 7) is 5.91. The molecule has 2 rings (SSSR count). The van der Waals surface area contributed by atoms with Gasteiger partial charge in [-0.15, -0.1) is 0 Å². The lowest BCUT2D eigenvalue weighted by Crippen LogP contribution is -2.17. The minimum atomic E-state index is 0.132. The van der Waals surface area contributed by atoms with Crippen molar-refractivity contribution in [3.8, 4) is 0 Å². The number of aryl methyl sites for hydroxylation is 2. The molecule has 106 valence electrons. The average molecular weight is 308 g/mol. The topological polar surface area (TPSA) is 51.8 Å². The molecule has 3 nitrogen and oxygen atoms in total. The molecule has 0 saturated carbocycles. The first-order valence-corrected chi connectivity index (χ1v) is 7.67. The number of benzene rings is 1. The zero-order valence-corrected chi connectivity index (χ0v) is 13.4. The highest BCUT2D eigenvalue weighted by Gasteiger charge is 2.08. The van der Waals surface area contributed by atoms with Gasteiger partial charge in [-0.05, 0) is 62.7 Å². The number of hydrogen-bond donors (Lipinski definition) is 1. The summed E-state index contributed by atoms with van der Waals surface area (Å²) in [6.07, 6.45) is 0.824. The molecule has 1 atom stereocenters. The van der Waals surface area contributed by atoms with Gasteiger partial charge in [0, 0.05) is 22.3 Å². The molecule has 0 spiro atoms. The van der Waals surface area contributed by atoms with Gasteiger partial charge in [-0.1, -0.05) is 17.7 Å². The molecule has 5 heteroatoms. The van der Waals surface area contributed by atoms with E-state index in [1.807, 2.05) is 39.0 Å². The van der Waals surface area contributed by atoms with Crippen LogP contribution in [0.3, 0.4) is 0 Å². The smallest absolute Gasteiger partial charge is 0.192 e. The van der Waals surface area contributed by atoms with Gasteiger partial charge in [-0.3, -0.25) is 0 Å². The summed E-state index contributed by atoms with van der Waals surface area (Å²) in [5.41, 5.74) is 8.88. The summed E-state index contributed by atoms with van der Waals surface area (Å²) in [4.78, 5) is 9.79. The summed E-state index contributed by atoms with van der Waals surface area (Å²) in [5, 5.41) is 1.44. The first-order chi connectivity index (χ1) is 9.44. The second-order valence-corrected chi connectivity index (χ2v) is 6.40. The van der Waals surface area contributed by atoms with E-state index in [-0.39, 0.29) is 6.04 Å². The van der Waals surface area contributed by atoms with Crippen molar-refractivity contribution in [1.29, 1.82) is 0 Å². The zero-order chi connectivity index (χ0) is 14.7. The Hall–Kier alpha value is -1.10. The maximum absolute atomic E-state index is 6.33. The van der Waals surface area contributed by atoms with Crippen LogP contribution >= 0.6 is 23.4 Å². The number of aromatic nitrogens is 2. The lowest BCUT2D eigenvalue weighted by Gasteiger charge is -2.09. The third-order valence-corrected chi connectivity index (χ3v) is 4.08. The van der Waals surface area contributed by atoms with Crippen molar-refractivity contribution < 1.29 is 0 Å². The highest BCUT2D eigenvalue weighted by molar-refractivity contribution is 7.99. The Kier molecular flexibility index (Phi) is 5.02. The van der Waals surface area contributed by atoms with E-state index < -0.39 is 0 Å². The molecule has 2 N–H and O–H groups in total. The Balaban J connectivity index is 2.21. The van der Waals surface area contributed by atoms with Gasteiger partial charge in [0.25, 0.3) is 0 Å². The van der Waals surface area contributed by atoms with Crippen LogP contribution in [-0.2, 0) is 6.42 Å². The standard InChI is InChI=1S/C15H18ClN3S/c1-9(17)6-12-4-5-14(13(16)8-12)20-15-18-10(2)7-11(3)19-15/h4-5,7-9H,6,17H2,1-3H3. The Bertz CT molecular complexity index is 594. The van der Waals surface area contributed by atoms with Crippen molar-refractivity contribution in [3.05, 3.63) is 46.2 Å². The zero-order valence-electron chi connectivity index (χ0n) is 11.9. The van der Waals surface area contributed by atoms with Crippen LogP contribution in [0.1, 0.15) is 23.9 Å². The van der Waals surface area contributed by atoms with E-state index in [0.29, 0.717) is 0 Å². The average Bonchev–Trinajstić information content (AvgIpc) is 2.30. The lowest BCUT2D eigenvalue weighted by molar-refractivity contribution is 0.737. The van der Waals surface area contributed by atoms with Gasteiger partial charge in [-0.25, -0.2) is 9.97 Å². The molecule has 2 aromatic rings. The molecular weight excluding hydrogens is 290 g/mol. The minimum Gasteiger partial charge on any atom is -0.328 e. The van der Waals surface area contributed by atoms with E-state index >= 15 is 0 Å². The van der Waals surface area contributed by atoms with Crippen LogP contribution in [0.25, 0.3) is 0 Å². The van der Waals surface area contributed by atoms with E-state index in [4.69, 9.17) is 17.3 Å². The van der Waals surface area contributed by atoms with Crippen LogP contribution in [0.5, 0.6) is 0 Å². The van der Waals surface area contributed by atoms with Crippen molar-refractivity contribution in [3.63, 3.8) is 0 Å². The first-order valence-electron chi connectivity index (χ1n) is 6.48. The second-order valence-electron chi connectivity index (χ2n) is 4.98. The van der Waals surface area contributed by atoms with Crippen LogP contribution in [0.4, 0.5) is 0 Å². The molecule has 1 aromatic carbocycles. The Morgan fingerprint density at radius 2 is 1.85 bits per heavy atom. The Morgan fingerprint density at radius 3 is 2.40 bits per heavy atom. The molecule has 0 bridgehead atoms. The van der Waals surface area contributed by atoms with Gasteiger partial charge in [0.2, 0.25) is 0 Å². The number of rotatable bonds is 4. The van der Waals surface area contributed by atoms with Gasteiger partial charge in [0.15, 0.2) is 5.16 Å². The number of halogens is 1. The fourth-order valence-corrected chi connectivity index (χ4v) is 3.15. The van der Waals surface area contributed by atoms with Crippen LogP contribution in [0.2, 0.25) is 5.02 Å². The van der Waals surface area contributed by atoms with Gasteiger partial charge in [0.05, 0.1) is 5.02 Å². The van der Waals surface area contributed by atoms with Crippen LogP contribution in [-0.4, -0.2) is 16.0 Å². The second kappa shape index (κ2) is 6.57. The molecular formula is C15H18ClN3S. The fraction of sp³-hybridized carbons (Fsp3) is 0.333. The summed E-state index contributed by atoms with van der Waals surface area (Å²) in [7, 11) is 0. The fourth-order valence-electron chi connectivity index (χ4n) is 1.96. The third-order valence-electron chi connectivity index (χ3n) is 2.72. The SMILES string of the molecule is Cc1cc(C)nc(Sc2ccc(CC(C)N)cc2Cl)n1. The van der Waals surface area contributed by atoms with Gasteiger partial charge < -0.3 is 5.73 Å². The van der Waals surface area contributed by atoms with Crippen LogP contribution in [0, 0.1) is 13.8 Å². The van der Waals surface area contributed by atoms with Gasteiger partial charge >= 0.3 is 0 Å². The molecule has 0 amide bonds. The monoisotopic (exact) mass is 307 g/mol. The van der Waals surface area contributed by atoms with E-state index in [1.165, 1.54) is 11.8 Å².